The predicted molar refractivity (Wildman–Crippen MR) is 95.1 cm³/mol. The Balaban J connectivity index is 1.62. The lowest BCUT2D eigenvalue weighted by atomic mass is 10.1. The van der Waals surface area contributed by atoms with E-state index < -0.39 is 0 Å². The van der Waals surface area contributed by atoms with E-state index in [0.717, 1.165) is 16.8 Å². The number of nitrogens with one attached hydrogen (secondary N) is 1. The maximum atomic E-state index is 12.6. The molecule has 0 saturated carbocycles. The smallest absolute Gasteiger partial charge is 0.289 e. The number of halogens is 1. The Morgan fingerprint density at radius 2 is 2.04 bits per heavy atom. The van der Waals surface area contributed by atoms with Gasteiger partial charge in [-0.3, -0.25) is 4.79 Å². The van der Waals surface area contributed by atoms with E-state index in [1.54, 1.807) is 12.1 Å². The molecule has 128 valence electrons. The summed E-state index contributed by atoms with van der Waals surface area (Å²) >= 11 is 3.39. The molecule has 0 bridgehead atoms. The lowest BCUT2D eigenvalue weighted by molar-refractivity contribution is 0.0567. The van der Waals surface area contributed by atoms with Gasteiger partial charge in [-0.1, -0.05) is 15.9 Å². The first kappa shape index (κ1) is 17.0. The Morgan fingerprint density at radius 1 is 1.29 bits per heavy atom. The number of hydrogen-bond donors (Lipinski definition) is 1. The molecule has 1 aliphatic heterocycles. The molecule has 24 heavy (non-hydrogen) atoms. The van der Waals surface area contributed by atoms with Gasteiger partial charge in [0.05, 0.1) is 0 Å². The quantitative estimate of drug-likeness (QED) is 0.865. The third kappa shape index (κ3) is 3.82. The Labute approximate surface area is 150 Å². The van der Waals surface area contributed by atoms with E-state index in [2.05, 4.69) is 35.1 Å². The highest BCUT2D eigenvalue weighted by molar-refractivity contribution is 9.10. The van der Waals surface area contributed by atoms with Gasteiger partial charge in [-0.25, -0.2) is 0 Å². The number of ether oxygens (including phenoxy) is 1. The highest BCUT2D eigenvalue weighted by Gasteiger charge is 2.30. The largest absolute Gasteiger partial charge is 0.486 e. The second-order valence-corrected chi connectivity index (χ2v) is 6.91. The van der Waals surface area contributed by atoms with Crippen LogP contribution in [-0.4, -0.2) is 36.0 Å². The molecule has 2 atom stereocenters. The zero-order chi connectivity index (χ0) is 17.1. The lowest BCUT2D eigenvalue weighted by Crippen LogP contribution is -2.57. The Bertz CT molecular complexity index is 699. The zero-order valence-corrected chi connectivity index (χ0v) is 15.4. The molecule has 1 aromatic heterocycles. The predicted octanol–water partition coefficient (Wildman–Crippen LogP) is 3.44. The topological polar surface area (TPSA) is 54.7 Å². The van der Waals surface area contributed by atoms with Gasteiger partial charge in [0, 0.05) is 29.6 Å². The standard InChI is InChI=1S/C18H21BrN2O3/c1-12-13(2)21(10-9-20-12)18(22)17-8-7-16(24-17)11-23-15-5-3-14(19)4-6-15/h3-8,12-13,20H,9-11H2,1-2H3. The minimum absolute atomic E-state index is 0.0641. The molecule has 3 rings (SSSR count). The number of amides is 1. The van der Waals surface area contributed by atoms with E-state index in [4.69, 9.17) is 9.15 Å². The van der Waals surface area contributed by atoms with Gasteiger partial charge in [-0.05, 0) is 50.2 Å². The van der Waals surface area contributed by atoms with E-state index in [1.807, 2.05) is 29.2 Å². The highest BCUT2D eigenvalue weighted by atomic mass is 79.9. The molecule has 2 heterocycles. The lowest BCUT2D eigenvalue weighted by Gasteiger charge is -2.38. The summed E-state index contributed by atoms with van der Waals surface area (Å²) in [7, 11) is 0. The van der Waals surface area contributed by atoms with Crippen LogP contribution in [0.5, 0.6) is 5.75 Å². The normalized spacial score (nSPS) is 20.9. The van der Waals surface area contributed by atoms with Crippen molar-refractivity contribution in [3.05, 3.63) is 52.4 Å². The number of carbonyl (C=O) groups excluding carboxylic acids is 1. The molecule has 0 spiro atoms. The SMILES string of the molecule is CC1NCCN(C(=O)c2ccc(COc3ccc(Br)cc3)o2)C1C. The second kappa shape index (κ2) is 7.40. The fraction of sp³-hybridized carbons (Fsp3) is 0.389. The van der Waals surface area contributed by atoms with Crippen LogP contribution >= 0.6 is 15.9 Å². The van der Waals surface area contributed by atoms with Crippen LogP contribution in [0.3, 0.4) is 0 Å². The van der Waals surface area contributed by atoms with Crippen molar-refractivity contribution in [2.24, 2.45) is 0 Å². The fourth-order valence-electron chi connectivity index (χ4n) is 2.74. The van der Waals surface area contributed by atoms with Gasteiger partial charge in [0.1, 0.15) is 18.1 Å². The van der Waals surface area contributed by atoms with Gasteiger partial charge in [0.15, 0.2) is 5.76 Å². The molecule has 1 fully saturated rings. The molecule has 1 amide bonds. The number of rotatable bonds is 4. The summed E-state index contributed by atoms with van der Waals surface area (Å²) in [6, 6.07) is 11.5. The molecule has 1 saturated heterocycles. The van der Waals surface area contributed by atoms with E-state index >= 15 is 0 Å². The van der Waals surface area contributed by atoms with Crippen LogP contribution in [0.25, 0.3) is 0 Å². The van der Waals surface area contributed by atoms with Crippen molar-refractivity contribution in [3.63, 3.8) is 0 Å². The Hall–Kier alpha value is -1.79. The number of hydrogen-bond acceptors (Lipinski definition) is 4. The number of carbonyl (C=O) groups is 1. The van der Waals surface area contributed by atoms with Gasteiger partial charge < -0.3 is 19.4 Å². The van der Waals surface area contributed by atoms with Crippen molar-refractivity contribution < 1.29 is 13.9 Å². The second-order valence-electron chi connectivity index (χ2n) is 5.99. The number of benzene rings is 1. The van der Waals surface area contributed by atoms with Crippen LogP contribution in [0.1, 0.15) is 30.2 Å². The molecule has 5 nitrogen and oxygen atoms in total. The number of furan rings is 1. The minimum Gasteiger partial charge on any atom is -0.486 e. The molecule has 1 N–H and O–H groups in total. The first-order valence-electron chi connectivity index (χ1n) is 8.06. The Kier molecular flexibility index (Phi) is 5.26. The molecular formula is C18H21BrN2O3. The summed E-state index contributed by atoms with van der Waals surface area (Å²) in [4.78, 5) is 14.5. The summed E-state index contributed by atoms with van der Waals surface area (Å²) < 4.78 is 12.4. The zero-order valence-electron chi connectivity index (χ0n) is 13.8. The van der Waals surface area contributed by atoms with Crippen LogP contribution in [0, 0.1) is 0 Å². The van der Waals surface area contributed by atoms with Gasteiger partial charge in [-0.2, -0.15) is 0 Å². The molecule has 2 unspecified atom stereocenters. The molecule has 6 heteroatoms. The number of nitrogens with zero attached hydrogens (tertiary/aromatic N) is 1. The van der Waals surface area contributed by atoms with Crippen LogP contribution in [0.4, 0.5) is 0 Å². The molecular weight excluding hydrogens is 372 g/mol. The van der Waals surface area contributed by atoms with Gasteiger partial charge in [0.25, 0.3) is 5.91 Å². The fourth-order valence-corrected chi connectivity index (χ4v) is 3.00. The van der Waals surface area contributed by atoms with Gasteiger partial charge in [0.2, 0.25) is 0 Å². The molecule has 2 aromatic rings. The summed E-state index contributed by atoms with van der Waals surface area (Å²) in [5.74, 6) is 1.69. The van der Waals surface area contributed by atoms with Gasteiger partial charge >= 0.3 is 0 Å². The first-order chi connectivity index (χ1) is 11.5. The highest BCUT2D eigenvalue weighted by Crippen LogP contribution is 2.19. The maximum Gasteiger partial charge on any atom is 0.289 e. The average molecular weight is 393 g/mol. The summed E-state index contributed by atoms with van der Waals surface area (Å²) in [5.41, 5.74) is 0. The summed E-state index contributed by atoms with van der Waals surface area (Å²) in [5, 5.41) is 3.37. The van der Waals surface area contributed by atoms with Crippen LogP contribution in [0.15, 0.2) is 45.3 Å². The minimum atomic E-state index is -0.0641. The monoisotopic (exact) mass is 392 g/mol. The van der Waals surface area contributed by atoms with E-state index in [1.165, 1.54) is 0 Å². The third-order valence-electron chi connectivity index (χ3n) is 4.36. The van der Waals surface area contributed by atoms with Crippen molar-refractivity contribution in [2.45, 2.75) is 32.5 Å². The molecule has 1 aliphatic rings. The summed E-state index contributed by atoms with van der Waals surface area (Å²) in [6.07, 6.45) is 0. The van der Waals surface area contributed by atoms with Crippen molar-refractivity contribution in [1.82, 2.24) is 10.2 Å². The van der Waals surface area contributed by atoms with Crippen molar-refractivity contribution >= 4 is 21.8 Å². The average Bonchev–Trinajstić information content (AvgIpc) is 3.05. The Morgan fingerprint density at radius 3 is 2.79 bits per heavy atom. The molecule has 0 aliphatic carbocycles. The maximum absolute atomic E-state index is 12.6. The van der Waals surface area contributed by atoms with Crippen molar-refractivity contribution in [1.29, 1.82) is 0 Å². The van der Waals surface area contributed by atoms with Crippen molar-refractivity contribution in [2.75, 3.05) is 13.1 Å². The van der Waals surface area contributed by atoms with Crippen molar-refractivity contribution in [3.8, 4) is 5.75 Å². The van der Waals surface area contributed by atoms with E-state index in [-0.39, 0.29) is 18.0 Å². The van der Waals surface area contributed by atoms with Crippen LogP contribution in [-0.2, 0) is 6.61 Å². The molecule has 0 radical (unpaired) electrons. The van der Waals surface area contributed by atoms with E-state index in [0.29, 0.717) is 24.7 Å². The van der Waals surface area contributed by atoms with E-state index in [9.17, 15) is 4.79 Å². The number of piperazine rings is 1. The van der Waals surface area contributed by atoms with Crippen LogP contribution < -0.4 is 10.1 Å². The first-order valence-corrected chi connectivity index (χ1v) is 8.85. The molecule has 1 aromatic carbocycles. The van der Waals surface area contributed by atoms with Gasteiger partial charge in [-0.15, -0.1) is 0 Å². The third-order valence-corrected chi connectivity index (χ3v) is 4.89. The summed E-state index contributed by atoms with van der Waals surface area (Å²) in [6.45, 7) is 5.93. The van der Waals surface area contributed by atoms with Crippen LogP contribution in [0.2, 0.25) is 0 Å².